The van der Waals surface area contributed by atoms with Gasteiger partial charge in [-0.3, -0.25) is 0 Å². The normalized spacial score (nSPS) is 16.5. The van der Waals surface area contributed by atoms with E-state index in [1.165, 1.54) is 24.1 Å². The maximum Gasteiger partial charge on any atom is 0.0602 e. The number of nitrogens with zero attached hydrogens (tertiary/aromatic N) is 1. The average molecular weight is 176 g/mol. The lowest BCUT2D eigenvalue weighted by atomic mass is 10.2. The van der Waals surface area contributed by atoms with Gasteiger partial charge in [-0.15, -0.1) is 0 Å². The Bertz CT molecular complexity index is 301. The third-order valence-corrected chi connectivity index (χ3v) is 2.63. The van der Waals surface area contributed by atoms with Crippen molar-refractivity contribution in [1.82, 2.24) is 0 Å². The molecule has 1 aromatic carbocycles. The third kappa shape index (κ3) is 1.62. The quantitative estimate of drug-likeness (QED) is 0.664. The molecule has 2 N–H and O–H groups in total. The Morgan fingerprint density at radius 1 is 1.23 bits per heavy atom. The topological polar surface area (TPSA) is 29.3 Å². The molecule has 0 spiro atoms. The van der Waals surface area contributed by atoms with Crippen molar-refractivity contribution >= 4 is 11.4 Å². The van der Waals surface area contributed by atoms with Gasteiger partial charge in [0.05, 0.1) is 11.4 Å². The van der Waals surface area contributed by atoms with Crippen LogP contribution in [0.5, 0.6) is 0 Å². The molecular weight excluding hydrogens is 160 g/mol. The first-order valence-corrected chi connectivity index (χ1v) is 4.88. The van der Waals surface area contributed by atoms with Crippen molar-refractivity contribution in [2.45, 2.75) is 19.8 Å². The monoisotopic (exact) mass is 176 g/mol. The summed E-state index contributed by atoms with van der Waals surface area (Å²) in [4.78, 5) is 2.38. The highest BCUT2D eigenvalue weighted by Crippen LogP contribution is 2.27. The maximum atomic E-state index is 5.93. The van der Waals surface area contributed by atoms with Crippen LogP contribution in [0, 0.1) is 6.92 Å². The van der Waals surface area contributed by atoms with Crippen LogP contribution in [0.25, 0.3) is 0 Å². The van der Waals surface area contributed by atoms with E-state index in [4.69, 9.17) is 5.73 Å². The van der Waals surface area contributed by atoms with E-state index in [1.807, 2.05) is 6.07 Å². The zero-order valence-electron chi connectivity index (χ0n) is 8.09. The summed E-state index contributed by atoms with van der Waals surface area (Å²) < 4.78 is 0. The molecular formula is C11H16N2. The lowest BCUT2D eigenvalue weighted by Gasteiger charge is -2.20. The van der Waals surface area contributed by atoms with Gasteiger partial charge in [-0.05, 0) is 37.5 Å². The third-order valence-electron chi connectivity index (χ3n) is 2.63. The summed E-state index contributed by atoms with van der Waals surface area (Å²) in [6.45, 7) is 4.43. The Labute approximate surface area is 79.4 Å². The van der Waals surface area contributed by atoms with Gasteiger partial charge in [0.15, 0.2) is 0 Å². The number of anilines is 2. The van der Waals surface area contributed by atoms with E-state index in [2.05, 4.69) is 24.0 Å². The second kappa shape index (κ2) is 3.29. The van der Waals surface area contributed by atoms with E-state index in [-0.39, 0.29) is 0 Å². The minimum atomic E-state index is 0.910. The minimum Gasteiger partial charge on any atom is -0.397 e. The second-order valence-electron chi connectivity index (χ2n) is 3.76. The predicted molar refractivity (Wildman–Crippen MR) is 57.0 cm³/mol. The predicted octanol–water partition coefficient (Wildman–Crippen LogP) is 2.18. The minimum absolute atomic E-state index is 0.910. The maximum absolute atomic E-state index is 5.93. The Hall–Kier alpha value is -1.18. The summed E-state index contributed by atoms with van der Waals surface area (Å²) in [6.07, 6.45) is 2.60. The summed E-state index contributed by atoms with van der Waals surface area (Å²) in [5.41, 5.74) is 9.35. The molecule has 2 rings (SSSR count). The number of rotatable bonds is 1. The first kappa shape index (κ1) is 8.42. The van der Waals surface area contributed by atoms with Crippen LogP contribution < -0.4 is 10.6 Å². The number of aryl methyl sites for hydroxylation is 1. The Morgan fingerprint density at radius 2 is 1.92 bits per heavy atom. The van der Waals surface area contributed by atoms with Gasteiger partial charge < -0.3 is 10.6 Å². The fourth-order valence-corrected chi connectivity index (χ4v) is 1.89. The molecule has 2 heteroatoms. The molecule has 0 bridgehead atoms. The van der Waals surface area contributed by atoms with Crippen LogP contribution in [0.4, 0.5) is 11.4 Å². The van der Waals surface area contributed by atoms with Crippen molar-refractivity contribution in [3.05, 3.63) is 23.8 Å². The molecule has 1 aromatic rings. The Balaban J connectivity index is 2.32. The van der Waals surface area contributed by atoms with Crippen molar-refractivity contribution < 1.29 is 0 Å². The van der Waals surface area contributed by atoms with Gasteiger partial charge in [0, 0.05) is 13.1 Å². The molecule has 1 fully saturated rings. The summed E-state index contributed by atoms with van der Waals surface area (Å²) in [6, 6.07) is 6.25. The number of nitrogens with two attached hydrogens (primary N) is 1. The van der Waals surface area contributed by atoms with Gasteiger partial charge in [0.1, 0.15) is 0 Å². The zero-order valence-corrected chi connectivity index (χ0v) is 8.09. The van der Waals surface area contributed by atoms with E-state index in [9.17, 15) is 0 Å². The van der Waals surface area contributed by atoms with E-state index in [0.717, 1.165) is 18.8 Å². The lowest BCUT2D eigenvalue weighted by Crippen LogP contribution is -2.19. The van der Waals surface area contributed by atoms with Crippen LogP contribution >= 0.6 is 0 Å². The van der Waals surface area contributed by atoms with Crippen molar-refractivity contribution in [2.75, 3.05) is 23.7 Å². The molecule has 70 valence electrons. The van der Waals surface area contributed by atoms with Crippen LogP contribution in [0.1, 0.15) is 18.4 Å². The van der Waals surface area contributed by atoms with Crippen LogP contribution in [-0.4, -0.2) is 13.1 Å². The van der Waals surface area contributed by atoms with Gasteiger partial charge in [-0.2, -0.15) is 0 Å². The standard InChI is InChI=1S/C11H16N2/c1-9-4-5-10(12)11(8-9)13-6-2-3-7-13/h4-5,8H,2-3,6-7,12H2,1H3. The molecule has 0 unspecified atom stereocenters. The fraction of sp³-hybridized carbons (Fsp3) is 0.455. The molecule has 2 nitrogen and oxygen atoms in total. The molecule has 0 atom stereocenters. The molecule has 1 aliphatic heterocycles. The van der Waals surface area contributed by atoms with Gasteiger partial charge in [0.25, 0.3) is 0 Å². The van der Waals surface area contributed by atoms with Gasteiger partial charge >= 0.3 is 0 Å². The highest BCUT2D eigenvalue weighted by molar-refractivity contribution is 5.68. The van der Waals surface area contributed by atoms with Crippen LogP contribution in [0.2, 0.25) is 0 Å². The first-order valence-electron chi connectivity index (χ1n) is 4.88. The van der Waals surface area contributed by atoms with Crippen LogP contribution in [0.15, 0.2) is 18.2 Å². The van der Waals surface area contributed by atoms with E-state index in [1.54, 1.807) is 0 Å². The van der Waals surface area contributed by atoms with Gasteiger partial charge in [0.2, 0.25) is 0 Å². The largest absolute Gasteiger partial charge is 0.397 e. The zero-order chi connectivity index (χ0) is 9.26. The Morgan fingerprint density at radius 3 is 2.62 bits per heavy atom. The first-order chi connectivity index (χ1) is 6.27. The summed E-state index contributed by atoms with van der Waals surface area (Å²) in [7, 11) is 0. The molecule has 0 aromatic heterocycles. The number of hydrogen-bond donors (Lipinski definition) is 1. The van der Waals surface area contributed by atoms with E-state index >= 15 is 0 Å². The van der Waals surface area contributed by atoms with Crippen molar-refractivity contribution in [2.24, 2.45) is 0 Å². The Kier molecular flexibility index (Phi) is 2.13. The van der Waals surface area contributed by atoms with E-state index < -0.39 is 0 Å². The van der Waals surface area contributed by atoms with Crippen molar-refractivity contribution in [3.63, 3.8) is 0 Å². The molecule has 0 amide bonds. The lowest BCUT2D eigenvalue weighted by molar-refractivity contribution is 0.949. The van der Waals surface area contributed by atoms with Crippen molar-refractivity contribution in [3.8, 4) is 0 Å². The molecule has 1 saturated heterocycles. The summed E-state index contributed by atoms with van der Waals surface area (Å²) in [5.74, 6) is 0. The number of nitrogen functional groups attached to an aromatic ring is 1. The molecule has 0 radical (unpaired) electrons. The van der Waals surface area contributed by atoms with Gasteiger partial charge in [-0.25, -0.2) is 0 Å². The fourth-order valence-electron chi connectivity index (χ4n) is 1.89. The smallest absolute Gasteiger partial charge is 0.0602 e. The number of benzene rings is 1. The second-order valence-corrected chi connectivity index (χ2v) is 3.76. The van der Waals surface area contributed by atoms with Crippen LogP contribution in [0.3, 0.4) is 0 Å². The molecule has 13 heavy (non-hydrogen) atoms. The molecule has 0 aliphatic carbocycles. The molecule has 1 aliphatic rings. The molecule has 0 saturated carbocycles. The van der Waals surface area contributed by atoms with Crippen molar-refractivity contribution in [1.29, 1.82) is 0 Å². The van der Waals surface area contributed by atoms with Gasteiger partial charge in [-0.1, -0.05) is 6.07 Å². The highest BCUT2D eigenvalue weighted by atomic mass is 15.1. The summed E-state index contributed by atoms with van der Waals surface area (Å²) >= 11 is 0. The SMILES string of the molecule is Cc1ccc(N)c(N2CCCC2)c1. The molecule has 1 heterocycles. The van der Waals surface area contributed by atoms with Crippen LogP contribution in [-0.2, 0) is 0 Å². The average Bonchev–Trinajstić information content (AvgIpc) is 2.61. The number of hydrogen-bond acceptors (Lipinski definition) is 2. The van der Waals surface area contributed by atoms with E-state index in [0.29, 0.717) is 0 Å². The highest BCUT2D eigenvalue weighted by Gasteiger charge is 2.14. The summed E-state index contributed by atoms with van der Waals surface area (Å²) in [5, 5.41) is 0.